The lowest BCUT2D eigenvalue weighted by Gasteiger charge is -2.51. The molecule has 1 aromatic heterocycles. The van der Waals surface area contributed by atoms with Crippen LogP contribution in [0.2, 0.25) is 0 Å². The Morgan fingerprint density at radius 1 is 0.982 bits per heavy atom. The summed E-state index contributed by atoms with van der Waals surface area (Å²) < 4.78 is 23.5. The number of aromatic nitrogens is 2. The Morgan fingerprint density at radius 3 is 2.18 bits per heavy atom. The molecule has 4 aromatic rings. The van der Waals surface area contributed by atoms with E-state index in [0.717, 1.165) is 17.5 Å². The Balaban J connectivity index is 1.39. The van der Waals surface area contributed by atoms with Gasteiger partial charge in [-0.15, -0.1) is 0 Å². The lowest BCUT2D eigenvalue weighted by Crippen LogP contribution is -2.60. The summed E-state index contributed by atoms with van der Waals surface area (Å²) in [6, 6.07) is 33.4. The third-order valence-corrected chi connectivity index (χ3v) is 12.7. The molecule has 2 heterocycles. The molecule has 298 valence electrons. The third kappa shape index (κ3) is 9.51. The molecule has 3 aromatic carbocycles. The molecule has 2 N–H and O–H groups in total. The number of rotatable bonds is 17. The second kappa shape index (κ2) is 19.1. The summed E-state index contributed by atoms with van der Waals surface area (Å²) in [5.74, 6) is -0.208. The van der Waals surface area contributed by atoms with Crippen LogP contribution in [-0.4, -0.2) is 57.6 Å². The van der Waals surface area contributed by atoms with Crippen LogP contribution in [0.1, 0.15) is 81.6 Å². The first kappa shape index (κ1) is 41.8. The highest BCUT2D eigenvalue weighted by Gasteiger charge is 2.52. The molecule has 2 aliphatic rings. The van der Waals surface area contributed by atoms with E-state index in [-0.39, 0.29) is 49.5 Å². The largest absolute Gasteiger partial charge is 0.351 e. The molecular weight excluding hydrogens is 736 g/mol. The molecule has 1 saturated heterocycles. The van der Waals surface area contributed by atoms with Crippen LogP contribution in [0.3, 0.4) is 0 Å². The van der Waals surface area contributed by atoms with Crippen LogP contribution in [0.15, 0.2) is 132 Å². The van der Waals surface area contributed by atoms with Gasteiger partial charge < -0.3 is 19.1 Å². The zero-order valence-electron chi connectivity index (χ0n) is 33.3. The minimum Gasteiger partial charge on any atom is -0.351 e. The predicted molar refractivity (Wildman–Crippen MR) is 224 cm³/mol. The number of hydrogen-bond donors (Lipinski definition) is 2. The Hall–Kier alpha value is -4.79. The maximum absolute atomic E-state index is 13.7. The standard InChI is InChI=1S/C45H53N6O5P/c1-33(2)51(34(3)4)57(54-30-18-28-46)55-32-39-38(31-41(56-39)50-29-25-40(48-43(50)53)47-42(52)35-19-10-6-11-20-35)49-45(36-21-12-7-13-22-36,37-23-14-8-15-24-37)44(5)26-16-9-17-27-44/h6-17,19-26,29,33-34,38-39,41,49H,18,27,30-32H2,1-5H3,(H,47,48,52,53)/t38?,39-,41-,44?,57?/m1/s1. The van der Waals surface area contributed by atoms with Crippen LogP contribution in [0.25, 0.3) is 0 Å². The first-order chi connectivity index (χ1) is 27.6. The van der Waals surface area contributed by atoms with Gasteiger partial charge in [0.1, 0.15) is 12.0 Å². The molecule has 0 spiro atoms. The van der Waals surface area contributed by atoms with E-state index in [4.69, 9.17) is 13.8 Å². The molecule has 57 heavy (non-hydrogen) atoms. The summed E-state index contributed by atoms with van der Waals surface area (Å²) in [5.41, 5.74) is 0.914. The van der Waals surface area contributed by atoms with Crippen molar-refractivity contribution < 1.29 is 18.6 Å². The smallest absolute Gasteiger partial charge is 0.351 e. The molecule has 1 amide bonds. The van der Waals surface area contributed by atoms with Crippen molar-refractivity contribution in [3.63, 3.8) is 0 Å². The summed E-state index contributed by atoms with van der Waals surface area (Å²) in [6.45, 7) is 11.1. The fourth-order valence-corrected chi connectivity index (χ4v) is 9.57. The van der Waals surface area contributed by atoms with Gasteiger partial charge >= 0.3 is 5.69 Å². The number of allylic oxidation sites excluding steroid dienone is 3. The fraction of sp³-hybridized carbons (Fsp3) is 0.378. The van der Waals surface area contributed by atoms with Crippen molar-refractivity contribution >= 4 is 20.3 Å². The average Bonchev–Trinajstić information content (AvgIpc) is 3.61. The van der Waals surface area contributed by atoms with Crippen molar-refractivity contribution in [2.24, 2.45) is 5.41 Å². The normalized spacial score (nSPS) is 21.2. The second-order valence-electron chi connectivity index (χ2n) is 15.2. The second-order valence-corrected chi connectivity index (χ2v) is 16.6. The first-order valence-corrected chi connectivity index (χ1v) is 20.7. The summed E-state index contributed by atoms with van der Waals surface area (Å²) in [5, 5.41) is 16.2. The van der Waals surface area contributed by atoms with Crippen molar-refractivity contribution in [1.82, 2.24) is 19.5 Å². The molecule has 0 saturated carbocycles. The van der Waals surface area contributed by atoms with Crippen LogP contribution in [0.4, 0.5) is 5.82 Å². The SMILES string of the molecule is CC(C)N(C(C)C)P(OCCC#N)OC[C@H]1O[C@@H](n2ccc(NC(=O)c3ccccc3)nc2=O)CC1NC(c1ccccc1)(c1ccccc1)C1(C)C=CC=CC1. The number of amides is 1. The van der Waals surface area contributed by atoms with Crippen molar-refractivity contribution in [2.75, 3.05) is 18.5 Å². The lowest BCUT2D eigenvalue weighted by molar-refractivity contribution is -0.0296. The Kier molecular flexibility index (Phi) is 14.0. The molecule has 12 heteroatoms. The molecule has 1 aliphatic heterocycles. The Bertz CT molecular complexity index is 2040. The van der Waals surface area contributed by atoms with Gasteiger partial charge in [0.2, 0.25) is 0 Å². The van der Waals surface area contributed by atoms with Gasteiger partial charge in [-0.2, -0.15) is 10.2 Å². The molecule has 1 fully saturated rings. The van der Waals surface area contributed by atoms with Gasteiger partial charge in [-0.1, -0.05) is 110 Å². The number of ether oxygens (including phenoxy) is 1. The third-order valence-electron chi connectivity index (χ3n) is 10.6. The maximum Gasteiger partial charge on any atom is 0.351 e. The molecule has 0 bridgehead atoms. The predicted octanol–water partition coefficient (Wildman–Crippen LogP) is 8.50. The number of anilines is 1. The zero-order valence-corrected chi connectivity index (χ0v) is 34.2. The zero-order chi connectivity index (χ0) is 40.4. The fourth-order valence-electron chi connectivity index (χ4n) is 7.96. The highest BCUT2D eigenvalue weighted by atomic mass is 31.2. The monoisotopic (exact) mass is 788 g/mol. The van der Waals surface area contributed by atoms with Crippen LogP contribution in [0.5, 0.6) is 0 Å². The molecule has 3 unspecified atom stereocenters. The lowest BCUT2D eigenvalue weighted by atomic mass is 9.60. The molecule has 6 rings (SSSR count). The highest BCUT2D eigenvalue weighted by Crippen LogP contribution is 2.52. The molecule has 5 atom stereocenters. The summed E-state index contributed by atoms with van der Waals surface area (Å²) >= 11 is 0. The average molecular weight is 789 g/mol. The number of nitrogens with zero attached hydrogens (tertiary/aromatic N) is 4. The van der Waals surface area contributed by atoms with Gasteiger partial charge in [-0.25, -0.2) is 9.46 Å². The summed E-state index contributed by atoms with van der Waals surface area (Å²) in [6.07, 6.45) is 10.5. The molecule has 0 radical (unpaired) electrons. The van der Waals surface area contributed by atoms with E-state index < -0.39 is 37.5 Å². The van der Waals surface area contributed by atoms with Gasteiger partial charge in [0.05, 0.1) is 37.3 Å². The summed E-state index contributed by atoms with van der Waals surface area (Å²) in [7, 11) is -1.57. The quantitative estimate of drug-likeness (QED) is 0.0799. The van der Waals surface area contributed by atoms with Crippen molar-refractivity contribution in [3.05, 3.63) is 155 Å². The van der Waals surface area contributed by atoms with Crippen LogP contribution in [-0.2, 0) is 19.3 Å². The van der Waals surface area contributed by atoms with Crippen molar-refractivity contribution in [3.8, 4) is 6.07 Å². The minimum absolute atomic E-state index is 0.116. The van der Waals surface area contributed by atoms with E-state index in [0.29, 0.717) is 12.0 Å². The van der Waals surface area contributed by atoms with Crippen molar-refractivity contribution in [2.45, 2.75) is 89.9 Å². The summed E-state index contributed by atoms with van der Waals surface area (Å²) in [4.78, 5) is 30.9. The van der Waals surface area contributed by atoms with E-state index in [1.807, 2.05) is 18.2 Å². The highest BCUT2D eigenvalue weighted by molar-refractivity contribution is 7.44. The number of nitriles is 1. The van der Waals surface area contributed by atoms with Crippen molar-refractivity contribution in [1.29, 1.82) is 5.26 Å². The van der Waals surface area contributed by atoms with Gasteiger partial charge in [-0.05, 0) is 63.4 Å². The molecular formula is C45H53N6O5P. The van der Waals surface area contributed by atoms with Crippen LogP contribution < -0.4 is 16.3 Å². The van der Waals surface area contributed by atoms with E-state index >= 15 is 0 Å². The minimum atomic E-state index is -1.57. The Morgan fingerprint density at radius 2 is 1.61 bits per heavy atom. The van der Waals surface area contributed by atoms with Gasteiger partial charge in [-0.3, -0.25) is 14.7 Å². The van der Waals surface area contributed by atoms with E-state index in [9.17, 15) is 14.9 Å². The first-order valence-electron chi connectivity index (χ1n) is 19.6. The maximum atomic E-state index is 13.7. The Labute approximate surface area is 337 Å². The molecule has 1 aliphatic carbocycles. The van der Waals surface area contributed by atoms with Crippen LogP contribution >= 0.6 is 8.53 Å². The van der Waals surface area contributed by atoms with Gasteiger partial charge in [0.15, 0.2) is 0 Å². The number of hydrogen-bond acceptors (Lipinski definition) is 9. The van der Waals surface area contributed by atoms with Crippen LogP contribution in [0, 0.1) is 16.7 Å². The number of nitrogens with one attached hydrogen (secondary N) is 2. The molecule has 11 nitrogen and oxygen atoms in total. The topological polar surface area (TPSA) is 131 Å². The van der Waals surface area contributed by atoms with Gasteiger partial charge in [0.25, 0.3) is 14.4 Å². The number of carbonyl (C=O) groups is 1. The number of carbonyl (C=O) groups excluding carboxylic acids is 1. The van der Waals surface area contributed by atoms with E-state index in [1.54, 1.807) is 36.5 Å². The number of benzene rings is 3. The van der Waals surface area contributed by atoms with E-state index in [1.165, 1.54) is 4.57 Å². The van der Waals surface area contributed by atoms with Gasteiger partial charge in [0, 0.05) is 41.7 Å². The van der Waals surface area contributed by atoms with E-state index in [2.05, 4.69) is 134 Å².